The highest BCUT2D eigenvalue weighted by Crippen LogP contribution is 2.19. The van der Waals surface area contributed by atoms with Crippen molar-refractivity contribution in [1.29, 1.82) is 0 Å². The highest BCUT2D eigenvalue weighted by molar-refractivity contribution is 7.10. The number of benzene rings is 1. The van der Waals surface area contributed by atoms with Crippen LogP contribution in [0.3, 0.4) is 0 Å². The van der Waals surface area contributed by atoms with Crippen LogP contribution in [-0.2, 0) is 6.54 Å². The number of aromatic carboxylic acids is 1. The third-order valence-corrected chi connectivity index (χ3v) is 3.22. The molecule has 0 saturated heterocycles. The summed E-state index contributed by atoms with van der Waals surface area (Å²) in [5, 5.41) is 13.0. The van der Waals surface area contributed by atoms with Gasteiger partial charge in [0.25, 0.3) is 0 Å². The molecule has 0 aliphatic rings. The van der Waals surface area contributed by atoms with Gasteiger partial charge in [0.1, 0.15) is 11.6 Å². The van der Waals surface area contributed by atoms with E-state index in [9.17, 15) is 13.6 Å². The first-order valence-corrected chi connectivity index (χ1v) is 5.94. The van der Waals surface area contributed by atoms with Crippen molar-refractivity contribution in [2.45, 2.75) is 6.54 Å². The standard InChI is InChI=1S/C12H9F2NO2S/c13-8-1-2-11(10(14)4-8)15-5-9-3-7(6-18-9)12(16)17/h1-4,6,15H,5H2,(H,16,17). The third kappa shape index (κ3) is 2.84. The largest absolute Gasteiger partial charge is 0.478 e. The Bertz CT molecular complexity index is 583. The van der Waals surface area contributed by atoms with Crippen molar-refractivity contribution in [3.8, 4) is 0 Å². The number of carboxylic acid groups (broad SMARTS) is 1. The number of halogens is 2. The van der Waals surface area contributed by atoms with E-state index in [1.807, 2.05) is 0 Å². The molecule has 1 aromatic carbocycles. The van der Waals surface area contributed by atoms with Crippen molar-refractivity contribution >= 4 is 23.0 Å². The Balaban J connectivity index is 2.04. The first-order chi connectivity index (χ1) is 8.56. The van der Waals surface area contributed by atoms with Crippen molar-refractivity contribution in [1.82, 2.24) is 0 Å². The zero-order valence-electron chi connectivity index (χ0n) is 9.11. The van der Waals surface area contributed by atoms with Gasteiger partial charge in [0.2, 0.25) is 0 Å². The minimum absolute atomic E-state index is 0.182. The lowest BCUT2D eigenvalue weighted by Crippen LogP contribution is -2.00. The second-order valence-corrected chi connectivity index (χ2v) is 4.58. The molecule has 6 heteroatoms. The summed E-state index contributed by atoms with van der Waals surface area (Å²) in [6.45, 7) is 0.292. The molecule has 1 heterocycles. The summed E-state index contributed by atoms with van der Waals surface area (Å²) in [7, 11) is 0. The number of anilines is 1. The molecule has 2 rings (SSSR count). The number of thiophene rings is 1. The summed E-state index contributed by atoms with van der Waals surface area (Å²) in [5.74, 6) is -2.31. The summed E-state index contributed by atoms with van der Waals surface area (Å²) < 4.78 is 26.0. The lowest BCUT2D eigenvalue weighted by Gasteiger charge is -2.05. The van der Waals surface area contributed by atoms with E-state index in [1.54, 1.807) is 0 Å². The number of carbonyl (C=O) groups is 1. The average Bonchev–Trinajstić information content (AvgIpc) is 2.76. The van der Waals surface area contributed by atoms with Gasteiger partial charge in [0.05, 0.1) is 11.3 Å². The molecule has 0 aliphatic carbocycles. The molecule has 2 N–H and O–H groups in total. The molecule has 18 heavy (non-hydrogen) atoms. The van der Waals surface area contributed by atoms with Gasteiger partial charge < -0.3 is 10.4 Å². The second-order valence-electron chi connectivity index (χ2n) is 3.58. The molecule has 1 aromatic heterocycles. The van der Waals surface area contributed by atoms with Gasteiger partial charge in [-0.25, -0.2) is 13.6 Å². The van der Waals surface area contributed by atoms with Crippen LogP contribution in [0.4, 0.5) is 14.5 Å². The van der Waals surface area contributed by atoms with Gasteiger partial charge in [-0.3, -0.25) is 0 Å². The maximum atomic E-state index is 13.3. The summed E-state index contributed by atoms with van der Waals surface area (Å²) in [6, 6.07) is 4.76. The quantitative estimate of drug-likeness (QED) is 0.895. The third-order valence-electron chi connectivity index (χ3n) is 2.28. The summed E-state index contributed by atoms with van der Waals surface area (Å²) >= 11 is 1.27. The van der Waals surface area contributed by atoms with E-state index in [0.29, 0.717) is 6.54 Å². The molecular formula is C12H9F2NO2S. The lowest BCUT2D eigenvalue weighted by atomic mass is 10.3. The van der Waals surface area contributed by atoms with E-state index in [4.69, 9.17) is 5.11 Å². The van der Waals surface area contributed by atoms with Gasteiger partial charge in [-0.2, -0.15) is 0 Å². The van der Waals surface area contributed by atoms with E-state index < -0.39 is 17.6 Å². The Hall–Kier alpha value is -1.95. The van der Waals surface area contributed by atoms with E-state index in [1.165, 1.54) is 28.8 Å². The van der Waals surface area contributed by atoms with E-state index in [0.717, 1.165) is 17.0 Å². The Labute approximate surface area is 106 Å². The van der Waals surface area contributed by atoms with Crippen LogP contribution in [0.2, 0.25) is 0 Å². The van der Waals surface area contributed by atoms with Crippen LogP contribution in [0.25, 0.3) is 0 Å². The van der Waals surface area contributed by atoms with Crippen LogP contribution >= 0.6 is 11.3 Å². The fourth-order valence-corrected chi connectivity index (χ4v) is 2.20. The minimum Gasteiger partial charge on any atom is -0.478 e. The van der Waals surface area contributed by atoms with Crippen LogP contribution in [0.1, 0.15) is 15.2 Å². The monoisotopic (exact) mass is 269 g/mol. The fraction of sp³-hybridized carbons (Fsp3) is 0.0833. The molecule has 0 spiro atoms. The maximum Gasteiger partial charge on any atom is 0.336 e. The topological polar surface area (TPSA) is 49.3 Å². The number of hydrogen-bond donors (Lipinski definition) is 2. The van der Waals surface area contributed by atoms with Gasteiger partial charge in [0, 0.05) is 22.9 Å². The molecule has 0 fully saturated rings. The fourth-order valence-electron chi connectivity index (χ4n) is 1.40. The predicted molar refractivity (Wildman–Crippen MR) is 65.0 cm³/mol. The number of hydrogen-bond acceptors (Lipinski definition) is 3. The van der Waals surface area contributed by atoms with Gasteiger partial charge in [-0.1, -0.05) is 0 Å². The molecule has 0 bridgehead atoms. The number of carboxylic acids is 1. The molecule has 94 valence electrons. The molecule has 2 aromatic rings. The summed E-state index contributed by atoms with van der Waals surface area (Å²) in [6.07, 6.45) is 0. The minimum atomic E-state index is -0.995. The first-order valence-electron chi connectivity index (χ1n) is 5.06. The zero-order chi connectivity index (χ0) is 13.1. The average molecular weight is 269 g/mol. The van der Waals surface area contributed by atoms with Crippen molar-refractivity contribution in [3.63, 3.8) is 0 Å². The SMILES string of the molecule is O=C(O)c1csc(CNc2ccc(F)cc2F)c1. The summed E-state index contributed by atoms with van der Waals surface area (Å²) in [4.78, 5) is 11.4. The number of rotatable bonds is 4. The van der Waals surface area contributed by atoms with Crippen molar-refractivity contribution in [3.05, 3.63) is 51.7 Å². The smallest absolute Gasteiger partial charge is 0.336 e. The number of nitrogens with one attached hydrogen (secondary N) is 1. The van der Waals surface area contributed by atoms with E-state index in [2.05, 4.69) is 5.32 Å². The zero-order valence-corrected chi connectivity index (χ0v) is 9.93. The predicted octanol–water partition coefficient (Wildman–Crippen LogP) is 3.34. The molecule has 0 aliphatic heterocycles. The Kier molecular flexibility index (Phi) is 3.57. The van der Waals surface area contributed by atoms with Crippen LogP contribution in [-0.4, -0.2) is 11.1 Å². The van der Waals surface area contributed by atoms with Crippen molar-refractivity contribution < 1.29 is 18.7 Å². The lowest BCUT2D eigenvalue weighted by molar-refractivity contribution is 0.0697. The molecule has 0 radical (unpaired) electrons. The Morgan fingerprint density at radius 3 is 2.72 bits per heavy atom. The highest BCUT2D eigenvalue weighted by Gasteiger charge is 2.07. The maximum absolute atomic E-state index is 13.3. The van der Waals surface area contributed by atoms with E-state index >= 15 is 0 Å². The molecular weight excluding hydrogens is 260 g/mol. The van der Waals surface area contributed by atoms with E-state index in [-0.39, 0.29) is 11.3 Å². The van der Waals surface area contributed by atoms with Gasteiger partial charge in [-0.05, 0) is 18.2 Å². The molecule has 3 nitrogen and oxygen atoms in total. The highest BCUT2D eigenvalue weighted by atomic mass is 32.1. The Morgan fingerprint density at radius 2 is 2.11 bits per heavy atom. The molecule has 0 unspecified atom stereocenters. The van der Waals surface area contributed by atoms with Crippen LogP contribution in [0.5, 0.6) is 0 Å². The summed E-state index contributed by atoms with van der Waals surface area (Å²) in [5.41, 5.74) is 0.387. The molecule has 0 amide bonds. The van der Waals surface area contributed by atoms with Crippen molar-refractivity contribution in [2.24, 2.45) is 0 Å². The second kappa shape index (κ2) is 5.14. The van der Waals surface area contributed by atoms with Gasteiger partial charge in [0.15, 0.2) is 0 Å². The van der Waals surface area contributed by atoms with Crippen LogP contribution in [0.15, 0.2) is 29.6 Å². The van der Waals surface area contributed by atoms with Gasteiger partial charge >= 0.3 is 5.97 Å². The normalized spacial score (nSPS) is 10.3. The van der Waals surface area contributed by atoms with Gasteiger partial charge in [-0.15, -0.1) is 11.3 Å². The van der Waals surface area contributed by atoms with Crippen LogP contribution < -0.4 is 5.32 Å². The molecule has 0 saturated carbocycles. The van der Waals surface area contributed by atoms with Crippen LogP contribution in [0, 0.1) is 11.6 Å². The molecule has 0 atom stereocenters. The Morgan fingerprint density at radius 1 is 1.33 bits per heavy atom. The van der Waals surface area contributed by atoms with Crippen molar-refractivity contribution in [2.75, 3.05) is 5.32 Å². The first kappa shape index (κ1) is 12.5.